The summed E-state index contributed by atoms with van der Waals surface area (Å²) in [5, 5.41) is 14.0. The quantitative estimate of drug-likeness (QED) is 0.285. The third-order valence-electron chi connectivity index (χ3n) is 7.67. The monoisotopic (exact) mass is 540 g/mol. The molecule has 202 valence electrons. The van der Waals surface area contributed by atoms with E-state index in [-0.39, 0.29) is 11.4 Å². The van der Waals surface area contributed by atoms with Crippen LogP contribution in [0.25, 0.3) is 6.08 Å². The summed E-state index contributed by atoms with van der Waals surface area (Å²) in [6.45, 7) is 0. The van der Waals surface area contributed by atoms with Crippen molar-refractivity contribution in [2.45, 2.75) is 12.1 Å². The fourth-order valence-corrected chi connectivity index (χ4v) is 5.91. The largest absolute Gasteiger partial charge is 0.497 e. The molecule has 0 spiro atoms. The molecule has 0 bridgehead atoms. The number of fused-ring (bicyclic) bond motifs is 5. The van der Waals surface area contributed by atoms with Crippen LogP contribution >= 0.6 is 0 Å². The number of rotatable bonds is 6. The molecule has 3 heterocycles. The van der Waals surface area contributed by atoms with Gasteiger partial charge in [0.1, 0.15) is 17.5 Å². The predicted octanol–water partition coefficient (Wildman–Crippen LogP) is 3.64. The summed E-state index contributed by atoms with van der Waals surface area (Å²) in [5.74, 6) is -2.42. The Bertz CT molecular complexity index is 1590. The van der Waals surface area contributed by atoms with Gasteiger partial charge in [0.15, 0.2) is 0 Å². The Hall–Kier alpha value is -5.19. The fraction of sp³-hybridized carbons (Fsp3) is 0.207. The van der Waals surface area contributed by atoms with Crippen LogP contribution < -0.4 is 24.6 Å². The van der Waals surface area contributed by atoms with Gasteiger partial charge in [-0.05, 0) is 35.9 Å². The number of para-hydroxylation sites is 1. The van der Waals surface area contributed by atoms with Crippen molar-refractivity contribution < 1.29 is 28.8 Å². The van der Waals surface area contributed by atoms with Gasteiger partial charge in [-0.3, -0.25) is 24.5 Å². The number of hydrogen-bond donors (Lipinski definition) is 1. The first-order chi connectivity index (χ1) is 19.3. The van der Waals surface area contributed by atoms with Crippen molar-refractivity contribution in [2.75, 3.05) is 29.3 Å². The number of carbonyl (C=O) groups excluding carboxylic acids is 3. The molecule has 0 aliphatic carbocycles. The summed E-state index contributed by atoms with van der Waals surface area (Å²) in [6.07, 6.45) is 3.75. The average Bonchev–Trinajstić information content (AvgIpc) is 3.45. The van der Waals surface area contributed by atoms with E-state index in [4.69, 9.17) is 9.47 Å². The number of hydrogen-bond acceptors (Lipinski definition) is 8. The number of anilines is 3. The number of nitro groups is 1. The molecule has 2 fully saturated rings. The molecular weight excluding hydrogens is 516 g/mol. The Morgan fingerprint density at radius 1 is 0.950 bits per heavy atom. The average molecular weight is 541 g/mol. The maximum absolute atomic E-state index is 14.1. The van der Waals surface area contributed by atoms with Gasteiger partial charge in [-0.25, -0.2) is 4.90 Å². The zero-order valence-electron chi connectivity index (χ0n) is 21.5. The van der Waals surface area contributed by atoms with Gasteiger partial charge in [-0.2, -0.15) is 0 Å². The number of nitrogens with one attached hydrogen (secondary N) is 1. The Labute approximate surface area is 228 Å². The molecule has 0 saturated carbocycles. The van der Waals surface area contributed by atoms with E-state index in [1.807, 2.05) is 41.3 Å². The van der Waals surface area contributed by atoms with Crippen molar-refractivity contribution in [3.8, 4) is 11.5 Å². The Kier molecular flexibility index (Phi) is 5.98. The molecule has 3 aromatic rings. The van der Waals surface area contributed by atoms with Gasteiger partial charge in [-0.15, -0.1) is 0 Å². The highest BCUT2D eigenvalue weighted by atomic mass is 16.6. The van der Waals surface area contributed by atoms with E-state index in [2.05, 4.69) is 5.32 Å². The molecule has 11 heteroatoms. The number of amides is 3. The zero-order valence-corrected chi connectivity index (χ0v) is 21.5. The van der Waals surface area contributed by atoms with Crippen LogP contribution in [-0.4, -0.2) is 48.9 Å². The molecular formula is C29H24N4O7. The summed E-state index contributed by atoms with van der Waals surface area (Å²) in [7, 11) is 2.98. The number of imide groups is 1. The van der Waals surface area contributed by atoms with Crippen LogP contribution in [0, 0.1) is 22.0 Å². The van der Waals surface area contributed by atoms with E-state index in [9.17, 15) is 24.5 Å². The smallest absolute Gasteiger partial charge is 0.269 e. The van der Waals surface area contributed by atoms with Crippen molar-refractivity contribution in [3.05, 3.63) is 88.5 Å². The number of methoxy groups -OCH3 is 2. The lowest BCUT2D eigenvalue weighted by Gasteiger charge is -2.36. The molecule has 4 atom stereocenters. The van der Waals surface area contributed by atoms with Crippen molar-refractivity contribution in [1.29, 1.82) is 0 Å². The Morgan fingerprint density at radius 2 is 1.68 bits per heavy atom. The zero-order chi connectivity index (χ0) is 28.1. The van der Waals surface area contributed by atoms with Crippen molar-refractivity contribution in [2.24, 2.45) is 11.8 Å². The number of nitro benzene ring substituents is 1. The second kappa shape index (κ2) is 9.53. The summed E-state index contributed by atoms with van der Waals surface area (Å²) in [4.78, 5) is 55.3. The molecule has 6 rings (SSSR count). The van der Waals surface area contributed by atoms with E-state index in [0.29, 0.717) is 17.2 Å². The maximum Gasteiger partial charge on any atom is 0.269 e. The molecule has 11 nitrogen and oxygen atoms in total. The fourth-order valence-electron chi connectivity index (χ4n) is 5.91. The highest BCUT2D eigenvalue weighted by Crippen LogP contribution is 2.49. The summed E-state index contributed by atoms with van der Waals surface area (Å²) in [5.41, 5.74) is 2.02. The molecule has 0 unspecified atom stereocenters. The molecule has 1 N–H and O–H groups in total. The van der Waals surface area contributed by atoms with Gasteiger partial charge >= 0.3 is 0 Å². The number of ether oxygens (including phenoxy) is 2. The van der Waals surface area contributed by atoms with Crippen LogP contribution in [0.15, 0.2) is 72.8 Å². The Morgan fingerprint density at radius 3 is 2.38 bits per heavy atom. The standard InChI is InChI=1S/C29H24N4O7/c1-39-19-12-14-23(40-2)20(15-19)30-27(34)26-25-24(22-13-7-16-5-3-4-6-21(16)32(22)26)28(35)31(29(25)36)17-8-10-18(11-9-17)33(37)38/h3-15,22,24-26H,1-2H3,(H,30,34)/t22-,24-,25-,26-/m1/s1. The predicted molar refractivity (Wildman–Crippen MR) is 146 cm³/mol. The lowest BCUT2D eigenvalue weighted by atomic mass is 9.88. The van der Waals surface area contributed by atoms with Crippen LogP contribution in [0.2, 0.25) is 0 Å². The van der Waals surface area contributed by atoms with E-state index < -0.39 is 46.6 Å². The number of benzene rings is 3. The van der Waals surface area contributed by atoms with Crippen LogP contribution in [0.1, 0.15) is 5.56 Å². The first kappa shape index (κ1) is 25.1. The van der Waals surface area contributed by atoms with E-state index in [1.165, 1.54) is 38.5 Å². The second-order valence-corrected chi connectivity index (χ2v) is 9.65. The number of carbonyl (C=O) groups is 3. The van der Waals surface area contributed by atoms with Crippen molar-refractivity contribution in [3.63, 3.8) is 0 Å². The van der Waals surface area contributed by atoms with Gasteiger partial charge in [0.2, 0.25) is 17.7 Å². The Balaban J connectivity index is 1.42. The minimum Gasteiger partial charge on any atom is -0.497 e. The lowest BCUT2D eigenvalue weighted by molar-refractivity contribution is -0.384. The SMILES string of the molecule is COc1ccc(OC)c(NC(=O)[C@H]2[C@@H]3C(=O)N(c4ccc([N+](=O)[O-])cc4)C(=O)[C@@H]3[C@H]3C=Cc4ccccc4N32)c1. The van der Waals surface area contributed by atoms with Crippen molar-refractivity contribution in [1.82, 2.24) is 0 Å². The topological polar surface area (TPSA) is 131 Å². The summed E-state index contributed by atoms with van der Waals surface area (Å²) >= 11 is 0. The van der Waals surface area contributed by atoms with E-state index >= 15 is 0 Å². The highest BCUT2D eigenvalue weighted by Gasteiger charge is 2.64. The molecule has 0 radical (unpaired) electrons. The number of nitrogens with zero attached hydrogens (tertiary/aromatic N) is 3. The molecule has 40 heavy (non-hydrogen) atoms. The minimum absolute atomic E-state index is 0.162. The molecule has 3 aromatic carbocycles. The van der Waals surface area contributed by atoms with Crippen LogP contribution in [0.3, 0.4) is 0 Å². The van der Waals surface area contributed by atoms with Gasteiger partial charge in [0.25, 0.3) is 5.69 Å². The van der Waals surface area contributed by atoms with Crippen LogP contribution in [-0.2, 0) is 14.4 Å². The molecule has 3 aliphatic rings. The van der Waals surface area contributed by atoms with Gasteiger partial charge < -0.3 is 19.7 Å². The number of non-ortho nitro benzene ring substituents is 1. The van der Waals surface area contributed by atoms with E-state index in [1.54, 1.807) is 18.2 Å². The molecule has 2 saturated heterocycles. The third kappa shape index (κ3) is 3.77. The summed E-state index contributed by atoms with van der Waals surface area (Å²) < 4.78 is 10.7. The highest BCUT2D eigenvalue weighted by molar-refractivity contribution is 6.25. The molecule has 0 aromatic heterocycles. The third-order valence-corrected chi connectivity index (χ3v) is 7.67. The van der Waals surface area contributed by atoms with Crippen LogP contribution in [0.4, 0.5) is 22.7 Å². The molecule has 3 amide bonds. The molecule has 3 aliphatic heterocycles. The first-order valence-electron chi connectivity index (χ1n) is 12.5. The maximum atomic E-state index is 14.1. The lowest BCUT2D eigenvalue weighted by Crippen LogP contribution is -2.50. The normalized spacial score (nSPS) is 22.4. The van der Waals surface area contributed by atoms with Crippen molar-refractivity contribution >= 4 is 46.5 Å². The van der Waals surface area contributed by atoms with Gasteiger partial charge in [0, 0.05) is 23.9 Å². The second-order valence-electron chi connectivity index (χ2n) is 9.65. The summed E-state index contributed by atoms with van der Waals surface area (Å²) in [6, 6.07) is 16.1. The van der Waals surface area contributed by atoms with Gasteiger partial charge in [-0.1, -0.05) is 30.4 Å². The first-order valence-corrected chi connectivity index (χ1v) is 12.5. The van der Waals surface area contributed by atoms with E-state index in [0.717, 1.165) is 16.2 Å². The van der Waals surface area contributed by atoms with Gasteiger partial charge in [0.05, 0.1) is 48.4 Å². The minimum atomic E-state index is -1.03. The van der Waals surface area contributed by atoms with Crippen LogP contribution in [0.5, 0.6) is 11.5 Å².